The maximum Gasteiger partial charge on any atom is 0.133 e. The Hall–Kier alpha value is -1.98. The lowest BCUT2D eigenvalue weighted by molar-refractivity contribution is 0.145. The summed E-state index contributed by atoms with van der Waals surface area (Å²) in [6, 6.07) is 10.5. The Morgan fingerprint density at radius 3 is 2.45 bits per heavy atom. The minimum Gasteiger partial charge on any atom is -0.508 e. The monoisotopic (exact) mass is 319 g/mol. The molecule has 2 heterocycles. The Balaban J connectivity index is 1.79. The second kappa shape index (κ2) is 6.42. The fourth-order valence-corrected chi connectivity index (χ4v) is 2.73. The molecular formula is C16H18ClN3O2. The molecule has 1 fully saturated rings. The highest BCUT2D eigenvalue weighted by molar-refractivity contribution is 6.29. The van der Waals surface area contributed by atoms with Gasteiger partial charge < -0.3 is 20.4 Å². The summed E-state index contributed by atoms with van der Waals surface area (Å²) in [6.07, 6.45) is 1.27. The molecule has 1 aromatic heterocycles. The highest BCUT2D eigenvalue weighted by Gasteiger charge is 2.18. The number of aliphatic hydroxyl groups excluding tert-OH is 1. The minimum absolute atomic E-state index is 0.218. The van der Waals surface area contributed by atoms with Gasteiger partial charge in [-0.15, -0.1) is 0 Å². The van der Waals surface area contributed by atoms with Crippen LogP contribution in [-0.4, -0.2) is 34.4 Å². The predicted octanol–water partition coefficient (Wildman–Crippen LogP) is 3.15. The molecule has 1 aliphatic rings. The van der Waals surface area contributed by atoms with E-state index in [1.165, 1.54) is 0 Å². The van der Waals surface area contributed by atoms with Crippen LogP contribution in [-0.2, 0) is 0 Å². The number of aliphatic hydroxyl groups is 1. The number of rotatable bonds is 3. The van der Waals surface area contributed by atoms with Gasteiger partial charge in [0.15, 0.2) is 0 Å². The van der Waals surface area contributed by atoms with E-state index in [1.54, 1.807) is 30.3 Å². The number of nitrogens with one attached hydrogen (secondary N) is 1. The van der Waals surface area contributed by atoms with Crippen LogP contribution in [0.1, 0.15) is 12.8 Å². The first-order valence-electron chi connectivity index (χ1n) is 7.27. The maximum absolute atomic E-state index is 9.59. The number of nitrogens with zero attached hydrogens (tertiary/aromatic N) is 2. The number of hydrogen-bond acceptors (Lipinski definition) is 5. The van der Waals surface area contributed by atoms with Crippen LogP contribution >= 0.6 is 11.6 Å². The van der Waals surface area contributed by atoms with Gasteiger partial charge in [-0.2, -0.15) is 0 Å². The van der Waals surface area contributed by atoms with Gasteiger partial charge in [0.2, 0.25) is 0 Å². The topological polar surface area (TPSA) is 68.6 Å². The molecule has 1 aromatic carbocycles. The van der Waals surface area contributed by atoms with Gasteiger partial charge in [-0.3, -0.25) is 0 Å². The molecule has 116 valence electrons. The first-order valence-corrected chi connectivity index (χ1v) is 7.64. The van der Waals surface area contributed by atoms with E-state index in [1.807, 2.05) is 6.07 Å². The second-order valence-electron chi connectivity index (χ2n) is 5.43. The van der Waals surface area contributed by atoms with Gasteiger partial charge in [-0.25, -0.2) is 4.98 Å². The van der Waals surface area contributed by atoms with Crippen LogP contribution in [0.15, 0.2) is 36.4 Å². The van der Waals surface area contributed by atoms with Crippen LogP contribution in [0.4, 0.5) is 17.2 Å². The first-order chi connectivity index (χ1) is 10.6. The molecule has 0 atom stereocenters. The maximum atomic E-state index is 9.59. The first kappa shape index (κ1) is 14.9. The number of pyridine rings is 1. The molecule has 2 aromatic rings. The number of phenols is 1. The summed E-state index contributed by atoms with van der Waals surface area (Å²) in [4.78, 5) is 6.49. The molecule has 0 radical (unpaired) electrons. The number of piperidine rings is 1. The normalized spacial score (nSPS) is 15.8. The van der Waals surface area contributed by atoms with Gasteiger partial charge >= 0.3 is 0 Å². The Kier molecular flexibility index (Phi) is 4.36. The summed E-state index contributed by atoms with van der Waals surface area (Å²) >= 11 is 6.12. The standard InChI is InChI=1S/C16H18ClN3O2/c17-15-9-12(18-11-1-3-13(21)4-2-11)10-16(19-15)20-7-5-14(22)6-8-20/h1-4,9-10,14,21-22H,5-8H2,(H,18,19). The smallest absolute Gasteiger partial charge is 0.133 e. The third-order valence-corrected chi connectivity index (χ3v) is 3.92. The third-order valence-electron chi connectivity index (χ3n) is 3.73. The van der Waals surface area contributed by atoms with Crippen LogP contribution in [0.5, 0.6) is 5.75 Å². The second-order valence-corrected chi connectivity index (χ2v) is 5.81. The van der Waals surface area contributed by atoms with Crippen molar-refractivity contribution in [2.45, 2.75) is 18.9 Å². The number of benzene rings is 1. The predicted molar refractivity (Wildman–Crippen MR) is 88.1 cm³/mol. The van der Waals surface area contributed by atoms with Gasteiger partial charge in [-0.1, -0.05) is 11.6 Å². The fraction of sp³-hybridized carbons (Fsp3) is 0.312. The molecular weight excluding hydrogens is 302 g/mol. The van der Waals surface area contributed by atoms with Crippen molar-refractivity contribution < 1.29 is 10.2 Å². The number of phenolic OH excluding ortho intramolecular Hbond substituents is 1. The van der Waals surface area contributed by atoms with Gasteiger partial charge in [0.1, 0.15) is 16.7 Å². The molecule has 0 unspecified atom stereocenters. The highest BCUT2D eigenvalue weighted by Crippen LogP contribution is 2.27. The lowest BCUT2D eigenvalue weighted by atomic mass is 10.1. The van der Waals surface area contributed by atoms with Crippen molar-refractivity contribution in [2.24, 2.45) is 0 Å². The summed E-state index contributed by atoms with van der Waals surface area (Å²) in [5, 5.41) is 22.6. The Bertz CT molecular complexity index is 640. The van der Waals surface area contributed by atoms with Crippen LogP contribution in [0, 0.1) is 0 Å². The van der Waals surface area contributed by atoms with Crippen LogP contribution in [0.25, 0.3) is 0 Å². The Labute approximate surface area is 134 Å². The molecule has 0 spiro atoms. The van der Waals surface area contributed by atoms with E-state index in [2.05, 4.69) is 15.2 Å². The molecule has 3 N–H and O–H groups in total. The van der Waals surface area contributed by atoms with Gasteiger partial charge in [0.05, 0.1) is 6.10 Å². The largest absolute Gasteiger partial charge is 0.508 e. The van der Waals surface area contributed by atoms with E-state index in [4.69, 9.17) is 11.6 Å². The van der Waals surface area contributed by atoms with Crippen LogP contribution in [0.3, 0.4) is 0 Å². The van der Waals surface area contributed by atoms with Gasteiger partial charge in [-0.05, 0) is 43.2 Å². The number of anilines is 3. The quantitative estimate of drug-likeness (QED) is 0.599. The molecule has 3 rings (SSSR count). The molecule has 1 saturated heterocycles. The molecule has 22 heavy (non-hydrogen) atoms. The number of halogens is 1. The summed E-state index contributed by atoms with van der Waals surface area (Å²) < 4.78 is 0. The number of aromatic hydroxyl groups is 1. The summed E-state index contributed by atoms with van der Waals surface area (Å²) in [5.74, 6) is 1.03. The van der Waals surface area contributed by atoms with E-state index in [9.17, 15) is 10.2 Å². The molecule has 0 bridgehead atoms. The van der Waals surface area contributed by atoms with Crippen LogP contribution in [0.2, 0.25) is 5.15 Å². The highest BCUT2D eigenvalue weighted by atomic mass is 35.5. The summed E-state index contributed by atoms with van der Waals surface area (Å²) in [5.41, 5.74) is 1.70. The molecule has 1 aliphatic heterocycles. The molecule has 0 amide bonds. The number of hydrogen-bond donors (Lipinski definition) is 3. The Morgan fingerprint density at radius 2 is 1.77 bits per heavy atom. The van der Waals surface area contributed by atoms with Crippen molar-refractivity contribution in [2.75, 3.05) is 23.3 Å². The summed E-state index contributed by atoms with van der Waals surface area (Å²) in [7, 11) is 0. The van der Waals surface area contributed by atoms with Crippen molar-refractivity contribution in [3.05, 3.63) is 41.6 Å². The molecule has 0 saturated carbocycles. The third kappa shape index (κ3) is 3.61. The summed E-state index contributed by atoms with van der Waals surface area (Å²) in [6.45, 7) is 1.54. The van der Waals surface area contributed by atoms with E-state index >= 15 is 0 Å². The van der Waals surface area contributed by atoms with Gasteiger partial charge in [0, 0.05) is 30.5 Å². The van der Waals surface area contributed by atoms with Gasteiger partial charge in [0.25, 0.3) is 0 Å². The van der Waals surface area contributed by atoms with Crippen molar-refractivity contribution >= 4 is 28.8 Å². The molecule has 5 nitrogen and oxygen atoms in total. The zero-order valence-corrected chi connectivity index (χ0v) is 12.8. The van der Waals surface area contributed by atoms with Crippen molar-refractivity contribution in [3.8, 4) is 5.75 Å². The van der Waals surface area contributed by atoms with Crippen molar-refractivity contribution in [3.63, 3.8) is 0 Å². The zero-order chi connectivity index (χ0) is 15.5. The fourth-order valence-electron chi connectivity index (χ4n) is 2.52. The van der Waals surface area contributed by atoms with E-state index < -0.39 is 0 Å². The minimum atomic E-state index is -0.218. The average Bonchev–Trinajstić information content (AvgIpc) is 2.50. The van der Waals surface area contributed by atoms with E-state index in [0.29, 0.717) is 5.15 Å². The molecule has 0 aliphatic carbocycles. The zero-order valence-electron chi connectivity index (χ0n) is 12.0. The van der Waals surface area contributed by atoms with Crippen LogP contribution < -0.4 is 10.2 Å². The Morgan fingerprint density at radius 1 is 1.09 bits per heavy atom. The van der Waals surface area contributed by atoms with E-state index in [-0.39, 0.29) is 11.9 Å². The molecule has 6 heteroatoms. The van der Waals surface area contributed by atoms with Crippen molar-refractivity contribution in [1.82, 2.24) is 4.98 Å². The van der Waals surface area contributed by atoms with Crippen molar-refractivity contribution in [1.29, 1.82) is 0 Å². The average molecular weight is 320 g/mol. The number of aromatic nitrogens is 1. The van der Waals surface area contributed by atoms with E-state index in [0.717, 1.165) is 43.1 Å². The lowest BCUT2D eigenvalue weighted by Gasteiger charge is -2.30. The lowest BCUT2D eigenvalue weighted by Crippen LogP contribution is -2.36. The SMILES string of the molecule is Oc1ccc(Nc2cc(Cl)nc(N3CCC(O)CC3)c2)cc1.